The Hall–Kier alpha value is -1.50. The zero-order valence-electron chi connectivity index (χ0n) is 14.7. The molecule has 2 N–H and O–H groups in total. The third-order valence-electron chi connectivity index (χ3n) is 4.85. The van der Waals surface area contributed by atoms with Crippen molar-refractivity contribution in [2.45, 2.75) is 24.0 Å². The largest absolute Gasteiger partial charge is 0.396 e. The molecule has 0 spiro atoms. The SMILES string of the molecule is Cc1c(S(=O)(=O)NCCN2CCCC(CO)C2)sc2ccc(C#N)cc12. The van der Waals surface area contributed by atoms with Gasteiger partial charge in [-0.2, -0.15) is 5.26 Å². The lowest BCUT2D eigenvalue weighted by Crippen LogP contribution is -2.41. The minimum absolute atomic E-state index is 0.188. The molecule has 2 aromatic rings. The molecule has 0 aliphatic carbocycles. The molecule has 0 amide bonds. The average Bonchev–Trinajstić information content (AvgIpc) is 2.98. The monoisotopic (exact) mass is 393 g/mol. The van der Waals surface area contributed by atoms with E-state index in [4.69, 9.17) is 5.26 Å². The first-order valence-electron chi connectivity index (χ1n) is 8.70. The van der Waals surface area contributed by atoms with Crippen LogP contribution in [0.1, 0.15) is 24.0 Å². The van der Waals surface area contributed by atoms with E-state index < -0.39 is 10.0 Å². The predicted octanol–water partition coefficient (Wildman–Crippen LogP) is 2.06. The molecule has 1 atom stereocenters. The van der Waals surface area contributed by atoms with E-state index in [0.29, 0.717) is 34.3 Å². The molecule has 1 aromatic carbocycles. The van der Waals surface area contributed by atoms with Gasteiger partial charge in [0.2, 0.25) is 10.0 Å². The fourth-order valence-corrected chi connectivity index (χ4v) is 6.24. The Balaban J connectivity index is 1.69. The first kappa shape index (κ1) is 19.3. The number of nitrogens with zero attached hydrogens (tertiary/aromatic N) is 2. The Morgan fingerprint density at radius 1 is 1.46 bits per heavy atom. The second kappa shape index (κ2) is 8.03. The van der Waals surface area contributed by atoms with Gasteiger partial charge < -0.3 is 10.0 Å². The summed E-state index contributed by atoms with van der Waals surface area (Å²) in [5, 5.41) is 19.1. The van der Waals surface area contributed by atoms with Crippen LogP contribution >= 0.6 is 11.3 Å². The number of fused-ring (bicyclic) bond motifs is 1. The molecule has 1 saturated heterocycles. The number of hydrogen-bond acceptors (Lipinski definition) is 6. The molecule has 0 saturated carbocycles. The van der Waals surface area contributed by atoms with Gasteiger partial charge in [-0.1, -0.05) is 0 Å². The van der Waals surface area contributed by atoms with Crippen molar-refractivity contribution >= 4 is 31.4 Å². The number of benzene rings is 1. The maximum atomic E-state index is 12.7. The number of likely N-dealkylation sites (tertiary alicyclic amines) is 1. The predicted molar refractivity (Wildman–Crippen MR) is 103 cm³/mol. The van der Waals surface area contributed by atoms with Gasteiger partial charge in [0.15, 0.2) is 0 Å². The van der Waals surface area contributed by atoms with Crippen molar-refractivity contribution in [1.82, 2.24) is 9.62 Å². The number of aryl methyl sites for hydroxylation is 1. The first-order valence-corrected chi connectivity index (χ1v) is 11.0. The summed E-state index contributed by atoms with van der Waals surface area (Å²) < 4.78 is 29.3. The molecule has 6 nitrogen and oxygen atoms in total. The average molecular weight is 394 g/mol. The van der Waals surface area contributed by atoms with Gasteiger partial charge in [-0.15, -0.1) is 11.3 Å². The summed E-state index contributed by atoms with van der Waals surface area (Å²) in [5.41, 5.74) is 1.21. The molecule has 8 heteroatoms. The molecule has 3 rings (SSSR count). The van der Waals surface area contributed by atoms with Crippen LogP contribution in [0.5, 0.6) is 0 Å². The van der Waals surface area contributed by atoms with Crippen molar-refractivity contribution in [3.05, 3.63) is 29.3 Å². The Labute approximate surface area is 158 Å². The summed E-state index contributed by atoms with van der Waals surface area (Å²) >= 11 is 1.23. The van der Waals surface area contributed by atoms with Crippen molar-refractivity contribution in [1.29, 1.82) is 5.26 Å². The van der Waals surface area contributed by atoms with Gasteiger partial charge in [0.25, 0.3) is 0 Å². The zero-order chi connectivity index (χ0) is 18.7. The van der Waals surface area contributed by atoms with Crippen molar-refractivity contribution in [2.24, 2.45) is 5.92 Å². The molecule has 0 bridgehead atoms. The summed E-state index contributed by atoms with van der Waals surface area (Å²) in [6, 6.07) is 7.33. The van der Waals surface area contributed by atoms with Gasteiger partial charge in [-0.05, 0) is 61.4 Å². The van der Waals surface area contributed by atoms with Crippen molar-refractivity contribution < 1.29 is 13.5 Å². The maximum absolute atomic E-state index is 12.7. The second-order valence-electron chi connectivity index (χ2n) is 6.73. The molecule has 1 unspecified atom stereocenters. The molecule has 1 fully saturated rings. The van der Waals surface area contributed by atoms with E-state index in [9.17, 15) is 13.5 Å². The molecular weight excluding hydrogens is 370 g/mol. The highest BCUT2D eigenvalue weighted by atomic mass is 32.2. The summed E-state index contributed by atoms with van der Waals surface area (Å²) in [6.07, 6.45) is 2.07. The Kier molecular flexibility index (Phi) is 5.95. The number of hydrogen-bond donors (Lipinski definition) is 2. The van der Waals surface area contributed by atoms with Gasteiger partial charge in [0.1, 0.15) is 4.21 Å². The highest BCUT2D eigenvalue weighted by molar-refractivity contribution is 7.91. The van der Waals surface area contributed by atoms with Crippen LogP contribution in [0.3, 0.4) is 0 Å². The van der Waals surface area contributed by atoms with Crippen LogP contribution in [0, 0.1) is 24.2 Å². The Morgan fingerprint density at radius 3 is 3.00 bits per heavy atom. The number of nitriles is 1. The number of rotatable bonds is 6. The van der Waals surface area contributed by atoms with Crippen LogP contribution in [0.4, 0.5) is 0 Å². The summed E-state index contributed by atoms with van der Waals surface area (Å²) in [4.78, 5) is 2.20. The molecule has 1 aliphatic heterocycles. The van der Waals surface area contributed by atoms with Crippen LogP contribution in [0.15, 0.2) is 22.4 Å². The smallest absolute Gasteiger partial charge is 0.250 e. The van der Waals surface area contributed by atoms with Crippen LogP contribution < -0.4 is 4.72 Å². The maximum Gasteiger partial charge on any atom is 0.250 e. The number of thiophene rings is 1. The van der Waals surface area contributed by atoms with E-state index in [1.165, 1.54) is 11.3 Å². The third kappa shape index (κ3) is 4.08. The zero-order valence-corrected chi connectivity index (χ0v) is 16.4. The Morgan fingerprint density at radius 2 is 2.27 bits per heavy atom. The van der Waals surface area contributed by atoms with Crippen LogP contribution in [-0.2, 0) is 10.0 Å². The fraction of sp³-hybridized carbons (Fsp3) is 0.500. The van der Waals surface area contributed by atoms with Crippen molar-refractivity contribution in [2.75, 3.05) is 32.8 Å². The summed E-state index contributed by atoms with van der Waals surface area (Å²) in [7, 11) is -3.58. The number of aliphatic hydroxyl groups excluding tert-OH is 1. The van der Waals surface area contributed by atoms with E-state index >= 15 is 0 Å². The molecule has 2 heterocycles. The quantitative estimate of drug-likeness (QED) is 0.784. The number of aliphatic hydroxyl groups is 1. The topological polar surface area (TPSA) is 93.4 Å². The standard InChI is InChI=1S/C18H23N3O3S2/c1-13-16-9-14(10-19)4-5-17(16)25-18(13)26(23,24)20-6-8-21-7-2-3-15(11-21)12-22/h4-5,9,15,20,22H,2-3,6-8,11-12H2,1H3. The van der Waals surface area contributed by atoms with E-state index in [2.05, 4.69) is 15.7 Å². The molecule has 1 aromatic heterocycles. The van der Waals surface area contributed by atoms with Gasteiger partial charge in [0, 0.05) is 30.9 Å². The lowest BCUT2D eigenvalue weighted by atomic mass is 9.99. The molecular formula is C18H23N3O3S2. The van der Waals surface area contributed by atoms with E-state index in [0.717, 1.165) is 36.0 Å². The van der Waals surface area contributed by atoms with E-state index in [1.807, 2.05) is 0 Å². The van der Waals surface area contributed by atoms with E-state index in [-0.39, 0.29) is 6.61 Å². The molecule has 0 radical (unpaired) electrons. The summed E-state index contributed by atoms with van der Waals surface area (Å²) in [5.74, 6) is 0.291. The highest BCUT2D eigenvalue weighted by Crippen LogP contribution is 2.34. The molecule has 26 heavy (non-hydrogen) atoms. The number of nitrogens with one attached hydrogen (secondary N) is 1. The van der Waals surface area contributed by atoms with Crippen LogP contribution in [0.2, 0.25) is 0 Å². The van der Waals surface area contributed by atoms with E-state index in [1.54, 1.807) is 25.1 Å². The van der Waals surface area contributed by atoms with Crippen molar-refractivity contribution in [3.63, 3.8) is 0 Å². The van der Waals surface area contributed by atoms with Gasteiger partial charge in [0.05, 0.1) is 11.6 Å². The van der Waals surface area contributed by atoms with Gasteiger partial charge >= 0.3 is 0 Å². The molecule has 140 valence electrons. The normalized spacial score (nSPS) is 18.9. The summed E-state index contributed by atoms with van der Waals surface area (Å²) in [6.45, 7) is 4.71. The Bertz CT molecular complexity index is 931. The number of piperidine rings is 1. The molecule has 1 aliphatic rings. The van der Waals surface area contributed by atoms with Crippen LogP contribution in [0.25, 0.3) is 10.1 Å². The second-order valence-corrected chi connectivity index (χ2v) is 9.74. The van der Waals surface area contributed by atoms with Crippen LogP contribution in [-0.4, -0.2) is 51.2 Å². The third-order valence-corrected chi connectivity index (χ3v) is 8.20. The highest BCUT2D eigenvalue weighted by Gasteiger charge is 2.23. The van der Waals surface area contributed by atoms with Gasteiger partial charge in [-0.3, -0.25) is 0 Å². The van der Waals surface area contributed by atoms with Gasteiger partial charge in [-0.25, -0.2) is 13.1 Å². The number of sulfonamides is 1. The lowest BCUT2D eigenvalue weighted by Gasteiger charge is -2.31. The lowest BCUT2D eigenvalue weighted by molar-refractivity contribution is 0.122. The first-order chi connectivity index (χ1) is 12.4. The minimum Gasteiger partial charge on any atom is -0.396 e. The minimum atomic E-state index is -3.58. The fourth-order valence-electron chi connectivity index (χ4n) is 3.43. The van der Waals surface area contributed by atoms with Crippen molar-refractivity contribution in [3.8, 4) is 6.07 Å².